The minimum atomic E-state index is -1.37. The van der Waals surface area contributed by atoms with Crippen LogP contribution in [-0.4, -0.2) is 22.5 Å². The molecular formula is C17H23ClN2O3. The number of primary amides is 1. The van der Waals surface area contributed by atoms with E-state index in [1.54, 1.807) is 31.2 Å². The summed E-state index contributed by atoms with van der Waals surface area (Å²) < 4.78 is 0. The fourth-order valence-corrected chi connectivity index (χ4v) is 3.27. The Kier molecular flexibility index (Phi) is 5.32. The first kappa shape index (κ1) is 17.8. The van der Waals surface area contributed by atoms with E-state index in [1.165, 1.54) is 0 Å². The van der Waals surface area contributed by atoms with Gasteiger partial charge in [0.05, 0.1) is 12.0 Å². The molecule has 0 aromatic heterocycles. The Labute approximate surface area is 141 Å². The van der Waals surface area contributed by atoms with E-state index >= 15 is 0 Å². The van der Waals surface area contributed by atoms with Crippen LogP contribution < -0.4 is 11.1 Å². The van der Waals surface area contributed by atoms with Crippen LogP contribution in [0.3, 0.4) is 0 Å². The van der Waals surface area contributed by atoms with E-state index in [1.807, 2.05) is 0 Å². The highest BCUT2D eigenvalue weighted by molar-refractivity contribution is 6.30. The van der Waals surface area contributed by atoms with Crippen molar-refractivity contribution in [2.45, 2.75) is 56.6 Å². The molecule has 4 N–H and O–H groups in total. The predicted molar refractivity (Wildman–Crippen MR) is 88.8 cm³/mol. The number of nitrogens with two attached hydrogens (primary N) is 1. The molecule has 1 unspecified atom stereocenters. The maximum Gasteiger partial charge on any atom is 0.247 e. The first-order chi connectivity index (χ1) is 10.8. The molecule has 1 aromatic carbocycles. The fourth-order valence-electron chi connectivity index (χ4n) is 3.08. The highest BCUT2D eigenvalue weighted by Gasteiger charge is 2.38. The summed E-state index contributed by atoms with van der Waals surface area (Å²) in [6.07, 6.45) is 4.06. The quantitative estimate of drug-likeness (QED) is 0.768. The average molecular weight is 339 g/mol. The molecule has 0 aliphatic heterocycles. The molecule has 1 aliphatic rings. The van der Waals surface area contributed by atoms with Crippen molar-refractivity contribution >= 4 is 23.4 Å². The Morgan fingerprint density at radius 3 is 2.57 bits per heavy atom. The van der Waals surface area contributed by atoms with E-state index in [0.717, 1.165) is 19.3 Å². The highest BCUT2D eigenvalue weighted by atomic mass is 35.5. The third-order valence-corrected chi connectivity index (χ3v) is 4.79. The van der Waals surface area contributed by atoms with E-state index in [9.17, 15) is 14.7 Å². The lowest BCUT2D eigenvalue weighted by molar-refractivity contribution is -0.135. The van der Waals surface area contributed by atoms with Gasteiger partial charge < -0.3 is 16.2 Å². The monoisotopic (exact) mass is 338 g/mol. The predicted octanol–water partition coefficient (Wildman–Crippen LogP) is 2.24. The largest absolute Gasteiger partial charge is 0.389 e. The van der Waals surface area contributed by atoms with Crippen molar-refractivity contribution in [2.75, 3.05) is 0 Å². The van der Waals surface area contributed by atoms with Crippen molar-refractivity contribution in [3.8, 4) is 0 Å². The molecule has 2 rings (SSSR count). The number of halogens is 1. The van der Waals surface area contributed by atoms with Crippen LogP contribution >= 0.6 is 11.6 Å². The first-order valence-corrected chi connectivity index (χ1v) is 8.22. The minimum Gasteiger partial charge on any atom is -0.389 e. The zero-order chi connectivity index (χ0) is 17.1. The van der Waals surface area contributed by atoms with Crippen molar-refractivity contribution in [1.82, 2.24) is 5.32 Å². The maximum atomic E-state index is 12.4. The van der Waals surface area contributed by atoms with Crippen molar-refractivity contribution in [3.63, 3.8) is 0 Å². The molecule has 0 radical (unpaired) electrons. The number of aliphatic hydroxyl groups is 1. The molecule has 1 saturated carbocycles. The Balaban J connectivity index is 2.15. The number of hydrogen-bond acceptors (Lipinski definition) is 3. The van der Waals surface area contributed by atoms with Gasteiger partial charge in [-0.1, -0.05) is 43.0 Å². The first-order valence-electron chi connectivity index (χ1n) is 7.85. The molecular weight excluding hydrogens is 316 g/mol. The van der Waals surface area contributed by atoms with Gasteiger partial charge in [-0.25, -0.2) is 0 Å². The van der Waals surface area contributed by atoms with Crippen LogP contribution in [0.2, 0.25) is 5.02 Å². The molecule has 0 heterocycles. The topological polar surface area (TPSA) is 92.4 Å². The highest BCUT2D eigenvalue weighted by Crippen LogP contribution is 2.31. The second-order valence-electron chi connectivity index (χ2n) is 6.51. The molecule has 2 amide bonds. The van der Waals surface area contributed by atoms with Gasteiger partial charge in [-0.05, 0) is 37.5 Å². The summed E-state index contributed by atoms with van der Waals surface area (Å²) in [6, 6.07) is 6.66. The Morgan fingerprint density at radius 1 is 1.35 bits per heavy atom. The lowest BCUT2D eigenvalue weighted by Gasteiger charge is -2.34. The number of rotatable bonds is 5. The summed E-state index contributed by atoms with van der Waals surface area (Å²) in [5, 5.41) is 13.6. The number of hydrogen-bond donors (Lipinski definition) is 3. The number of carbonyl (C=O) groups is 2. The molecule has 0 bridgehead atoms. The molecule has 0 saturated heterocycles. The summed E-state index contributed by atoms with van der Waals surface area (Å²) in [5.41, 5.74) is 3.66. The van der Waals surface area contributed by atoms with Gasteiger partial charge in [-0.3, -0.25) is 9.59 Å². The molecule has 5 nitrogen and oxygen atoms in total. The zero-order valence-electron chi connectivity index (χ0n) is 13.3. The summed E-state index contributed by atoms with van der Waals surface area (Å²) in [6.45, 7) is 1.55. The van der Waals surface area contributed by atoms with Gasteiger partial charge in [0.25, 0.3) is 0 Å². The van der Waals surface area contributed by atoms with Crippen molar-refractivity contribution < 1.29 is 14.7 Å². The Morgan fingerprint density at radius 2 is 2.00 bits per heavy atom. The van der Waals surface area contributed by atoms with Crippen molar-refractivity contribution in [1.29, 1.82) is 0 Å². The van der Waals surface area contributed by atoms with E-state index in [0.29, 0.717) is 23.4 Å². The van der Waals surface area contributed by atoms with Crippen LogP contribution in [0.15, 0.2) is 24.3 Å². The fraction of sp³-hybridized carbons (Fsp3) is 0.529. The van der Waals surface area contributed by atoms with Crippen molar-refractivity contribution in [2.24, 2.45) is 5.73 Å². The van der Waals surface area contributed by atoms with Crippen LogP contribution in [0.25, 0.3) is 0 Å². The van der Waals surface area contributed by atoms with E-state index < -0.39 is 23.0 Å². The van der Waals surface area contributed by atoms with Crippen LogP contribution in [0.5, 0.6) is 0 Å². The van der Waals surface area contributed by atoms with Crippen LogP contribution in [0.1, 0.15) is 51.0 Å². The molecule has 6 heteroatoms. The molecule has 23 heavy (non-hydrogen) atoms. The van der Waals surface area contributed by atoms with Crippen LogP contribution in [0, 0.1) is 0 Å². The summed E-state index contributed by atoms with van der Waals surface area (Å²) in [5.74, 6) is -1.07. The number of carbonyl (C=O) groups excluding carboxylic acids is 2. The summed E-state index contributed by atoms with van der Waals surface area (Å²) in [4.78, 5) is 24.3. The van der Waals surface area contributed by atoms with E-state index in [2.05, 4.69) is 5.32 Å². The second-order valence-corrected chi connectivity index (χ2v) is 6.95. The average Bonchev–Trinajstić information content (AvgIpc) is 2.46. The normalized spacial score (nSPS) is 19.6. The SMILES string of the molecule is CC(NC(=O)CC1(O)CCCCC1)(C(N)=O)c1cccc(Cl)c1. The smallest absolute Gasteiger partial charge is 0.247 e. The van der Waals surface area contributed by atoms with Gasteiger partial charge in [-0.15, -0.1) is 0 Å². The van der Waals surface area contributed by atoms with Gasteiger partial charge in [0.1, 0.15) is 5.54 Å². The molecule has 1 aliphatic carbocycles. The number of amides is 2. The Hall–Kier alpha value is -1.59. The molecule has 1 fully saturated rings. The van der Waals surface area contributed by atoms with E-state index in [4.69, 9.17) is 17.3 Å². The van der Waals surface area contributed by atoms with E-state index in [-0.39, 0.29) is 6.42 Å². The maximum absolute atomic E-state index is 12.4. The van der Waals surface area contributed by atoms with Gasteiger partial charge in [0.2, 0.25) is 11.8 Å². The standard InChI is InChI=1S/C17H23ClN2O3/c1-16(15(19)22,12-6-5-7-13(18)10-12)20-14(21)11-17(23)8-3-2-4-9-17/h5-7,10,23H,2-4,8-9,11H2,1H3,(H2,19,22)(H,20,21). The van der Waals surface area contributed by atoms with Crippen LogP contribution in [-0.2, 0) is 15.1 Å². The number of benzene rings is 1. The van der Waals surface area contributed by atoms with Gasteiger partial charge >= 0.3 is 0 Å². The third kappa shape index (κ3) is 4.24. The minimum absolute atomic E-state index is 0.0313. The third-order valence-electron chi connectivity index (χ3n) is 4.56. The lowest BCUT2D eigenvalue weighted by atomic mass is 9.82. The zero-order valence-corrected chi connectivity index (χ0v) is 14.0. The van der Waals surface area contributed by atoms with Gasteiger partial charge in [0.15, 0.2) is 0 Å². The van der Waals surface area contributed by atoms with Crippen molar-refractivity contribution in [3.05, 3.63) is 34.9 Å². The van der Waals surface area contributed by atoms with Crippen LogP contribution in [0.4, 0.5) is 0 Å². The Bertz CT molecular complexity index is 599. The second kappa shape index (κ2) is 6.89. The number of nitrogens with one attached hydrogen (secondary N) is 1. The molecule has 0 spiro atoms. The molecule has 126 valence electrons. The summed E-state index contributed by atoms with van der Waals surface area (Å²) in [7, 11) is 0. The molecule has 1 atom stereocenters. The molecule has 1 aromatic rings. The van der Waals surface area contributed by atoms with Gasteiger partial charge in [0, 0.05) is 5.02 Å². The lowest BCUT2D eigenvalue weighted by Crippen LogP contribution is -2.54. The van der Waals surface area contributed by atoms with Gasteiger partial charge in [-0.2, -0.15) is 0 Å². The summed E-state index contributed by atoms with van der Waals surface area (Å²) >= 11 is 5.97.